The normalized spacial score (nSPS) is 12.5. The highest BCUT2D eigenvalue weighted by Gasteiger charge is 1.97. The third-order valence-corrected chi connectivity index (χ3v) is 1.61. The molecule has 0 saturated heterocycles. The molecule has 1 atom stereocenters. The van der Waals surface area contributed by atoms with Gasteiger partial charge in [0.25, 0.3) is 0 Å². The molecule has 1 heterocycles. The summed E-state index contributed by atoms with van der Waals surface area (Å²) < 4.78 is 0. The van der Waals surface area contributed by atoms with E-state index in [0.29, 0.717) is 0 Å². The second kappa shape index (κ2) is 4.02. The fourth-order valence-corrected chi connectivity index (χ4v) is 1.10. The van der Waals surface area contributed by atoms with Gasteiger partial charge in [-0.05, 0) is 30.5 Å². The summed E-state index contributed by atoms with van der Waals surface area (Å²) in [6.07, 6.45) is 6.29. The minimum absolute atomic E-state index is 0.187. The van der Waals surface area contributed by atoms with Gasteiger partial charge in [0, 0.05) is 18.4 Å². The van der Waals surface area contributed by atoms with E-state index in [0.717, 1.165) is 12.0 Å². The Kier molecular flexibility index (Phi) is 3.00. The molecule has 2 nitrogen and oxygen atoms in total. The first-order chi connectivity index (χ1) is 5.72. The van der Waals surface area contributed by atoms with Crippen LogP contribution in [0.5, 0.6) is 0 Å². The average Bonchev–Trinajstić information content (AvgIpc) is 2.03. The summed E-state index contributed by atoms with van der Waals surface area (Å²) in [5.74, 6) is 0. The van der Waals surface area contributed by atoms with Crippen LogP contribution in [0, 0.1) is 0 Å². The number of pyridine rings is 1. The summed E-state index contributed by atoms with van der Waals surface area (Å²) in [5, 5.41) is 0. The number of nitrogens with two attached hydrogens (primary N) is 1. The molecule has 12 heavy (non-hydrogen) atoms. The van der Waals surface area contributed by atoms with Crippen LogP contribution in [0.1, 0.15) is 18.1 Å². The van der Waals surface area contributed by atoms with Crippen LogP contribution in [0.3, 0.4) is 0 Å². The fraction of sp³-hybridized carbons (Fsp3) is 0.300. The molecule has 0 aliphatic heterocycles. The lowest BCUT2D eigenvalue weighted by molar-refractivity contribution is 0.735. The molecule has 2 heteroatoms. The van der Waals surface area contributed by atoms with E-state index in [1.165, 1.54) is 5.56 Å². The van der Waals surface area contributed by atoms with Gasteiger partial charge < -0.3 is 5.73 Å². The molecule has 0 aliphatic rings. The van der Waals surface area contributed by atoms with Gasteiger partial charge in [-0.3, -0.25) is 4.98 Å². The van der Waals surface area contributed by atoms with Crippen molar-refractivity contribution in [3.63, 3.8) is 0 Å². The van der Waals surface area contributed by atoms with Gasteiger partial charge in [-0.25, -0.2) is 0 Å². The van der Waals surface area contributed by atoms with Crippen molar-refractivity contribution < 1.29 is 0 Å². The maximum Gasteiger partial charge on any atom is 0.0340 e. The largest absolute Gasteiger partial charge is 0.328 e. The van der Waals surface area contributed by atoms with E-state index < -0.39 is 0 Å². The first-order valence-electron chi connectivity index (χ1n) is 4.04. The standard InChI is InChI=1S/C10H14N2/c1-3-9-5-10(4-8(2)11)7-12-6-9/h3,5-8H,1,4,11H2,2H3. The van der Waals surface area contributed by atoms with Crippen molar-refractivity contribution in [1.29, 1.82) is 0 Å². The van der Waals surface area contributed by atoms with Crippen LogP contribution in [0.4, 0.5) is 0 Å². The summed E-state index contributed by atoms with van der Waals surface area (Å²) >= 11 is 0. The van der Waals surface area contributed by atoms with E-state index in [4.69, 9.17) is 5.73 Å². The van der Waals surface area contributed by atoms with Crippen LogP contribution < -0.4 is 5.73 Å². The monoisotopic (exact) mass is 162 g/mol. The highest BCUT2D eigenvalue weighted by atomic mass is 14.6. The van der Waals surface area contributed by atoms with Gasteiger partial charge in [-0.1, -0.05) is 12.7 Å². The van der Waals surface area contributed by atoms with Gasteiger partial charge in [0.05, 0.1) is 0 Å². The zero-order valence-electron chi connectivity index (χ0n) is 7.33. The molecular formula is C10H14N2. The lowest BCUT2D eigenvalue weighted by Gasteiger charge is -2.04. The summed E-state index contributed by atoms with van der Waals surface area (Å²) in [5.41, 5.74) is 7.88. The Morgan fingerprint density at radius 1 is 1.67 bits per heavy atom. The third-order valence-electron chi connectivity index (χ3n) is 1.61. The van der Waals surface area contributed by atoms with Gasteiger partial charge >= 0.3 is 0 Å². The highest BCUT2D eigenvalue weighted by molar-refractivity contribution is 5.46. The van der Waals surface area contributed by atoms with Crippen molar-refractivity contribution in [3.05, 3.63) is 36.2 Å². The lowest BCUT2D eigenvalue weighted by Crippen LogP contribution is -2.17. The van der Waals surface area contributed by atoms with E-state index >= 15 is 0 Å². The van der Waals surface area contributed by atoms with Gasteiger partial charge in [0.15, 0.2) is 0 Å². The maximum absolute atomic E-state index is 5.66. The third kappa shape index (κ3) is 2.47. The fourth-order valence-electron chi connectivity index (χ4n) is 1.10. The second-order valence-corrected chi connectivity index (χ2v) is 3.01. The van der Waals surface area contributed by atoms with E-state index in [2.05, 4.69) is 17.6 Å². The Morgan fingerprint density at radius 3 is 3.00 bits per heavy atom. The Bertz CT molecular complexity index is 266. The first kappa shape index (κ1) is 8.94. The molecular weight excluding hydrogens is 148 g/mol. The minimum atomic E-state index is 0.187. The van der Waals surface area contributed by atoms with Crippen molar-refractivity contribution in [1.82, 2.24) is 4.98 Å². The SMILES string of the molecule is C=Cc1cncc(CC(C)N)c1. The zero-order valence-corrected chi connectivity index (χ0v) is 7.33. The summed E-state index contributed by atoms with van der Waals surface area (Å²) in [6, 6.07) is 2.25. The summed E-state index contributed by atoms with van der Waals surface area (Å²) in [7, 11) is 0. The van der Waals surface area contributed by atoms with Gasteiger partial charge in [-0.2, -0.15) is 0 Å². The lowest BCUT2D eigenvalue weighted by atomic mass is 10.1. The highest BCUT2D eigenvalue weighted by Crippen LogP contribution is 2.05. The van der Waals surface area contributed by atoms with Crippen LogP contribution >= 0.6 is 0 Å². The van der Waals surface area contributed by atoms with Crippen molar-refractivity contribution in [2.45, 2.75) is 19.4 Å². The van der Waals surface area contributed by atoms with E-state index in [1.807, 2.05) is 13.1 Å². The van der Waals surface area contributed by atoms with E-state index in [1.54, 1.807) is 12.3 Å². The molecule has 0 aliphatic carbocycles. The first-order valence-corrected chi connectivity index (χ1v) is 4.04. The van der Waals surface area contributed by atoms with Gasteiger partial charge in [0.2, 0.25) is 0 Å². The van der Waals surface area contributed by atoms with Crippen LogP contribution in [-0.4, -0.2) is 11.0 Å². The predicted molar refractivity (Wildman–Crippen MR) is 51.7 cm³/mol. The minimum Gasteiger partial charge on any atom is -0.328 e. The molecule has 0 bridgehead atoms. The zero-order chi connectivity index (χ0) is 8.97. The van der Waals surface area contributed by atoms with Crippen LogP contribution in [0.25, 0.3) is 6.08 Å². The Balaban J connectivity index is 2.79. The molecule has 0 amide bonds. The quantitative estimate of drug-likeness (QED) is 0.733. The molecule has 2 N–H and O–H groups in total. The van der Waals surface area contributed by atoms with Crippen molar-refractivity contribution in [2.75, 3.05) is 0 Å². The van der Waals surface area contributed by atoms with Crippen LogP contribution in [-0.2, 0) is 6.42 Å². The summed E-state index contributed by atoms with van der Waals surface area (Å²) in [4.78, 5) is 4.08. The van der Waals surface area contributed by atoms with E-state index in [-0.39, 0.29) is 6.04 Å². The average molecular weight is 162 g/mol. The Hall–Kier alpha value is -1.15. The van der Waals surface area contributed by atoms with Crippen molar-refractivity contribution >= 4 is 6.08 Å². The Labute approximate surface area is 73.1 Å². The molecule has 0 aromatic carbocycles. The van der Waals surface area contributed by atoms with E-state index in [9.17, 15) is 0 Å². The Morgan fingerprint density at radius 2 is 2.42 bits per heavy atom. The van der Waals surface area contributed by atoms with Crippen molar-refractivity contribution in [2.24, 2.45) is 5.73 Å². The molecule has 1 aromatic rings. The van der Waals surface area contributed by atoms with Crippen LogP contribution in [0.2, 0.25) is 0 Å². The second-order valence-electron chi connectivity index (χ2n) is 3.01. The smallest absolute Gasteiger partial charge is 0.0340 e. The van der Waals surface area contributed by atoms with Crippen molar-refractivity contribution in [3.8, 4) is 0 Å². The molecule has 64 valence electrons. The predicted octanol–water partition coefficient (Wildman–Crippen LogP) is 1.61. The number of nitrogens with zero attached hydrogens (tertiary/aromatic N) is 1. The summed E-state index contributed by atoms with van der Waals surface area (Å²) in [6.45, 7) is 5.67. The molecule has 0 radical (unpaired) electrons. The molecule has 1 rings (SSSR count). The molecule has 0 fully saturated rings. The topological polar surface area (TPSA) is 38.9 Å². The van der Waals surface area contributed by atoms with Gasteiger partial charge in [-0.15, -0.1) is 0 Å². The number of hydrogen-bond acceptors (Lipinski definition) is 2. The molecule has 0 saturated carbocycles. The molecule has 1 aromatic heterocycles. The van der Waals surface area contributed by atoms with Gasteiger partial charge in [0.1, 0.15) is 0 Å². The number of hydrogen-bond donors (Lipinski definition) is 1. The number of rotatable bonds is 3. The maximum atomic E-state index is 5.66. The number of aromatic nitrogens is 1. The van der Waals surface area contributed by atoms with Crippen LogP contribution in [0.15, 0.2) is 25.0 Å². The molecule has 1 unspecified atom stereocenters. The molecule has 0 spiro atoms.